The quantitative estimate of drug-likeness (QED) is 0.281. The number of nitrogens with zero attached hydrogens (tertiary/aromatic N) is 2. The van der Waals surface area contributed by atoms with Gasteiger partial charge in [-0.3, -0.25) is 4.79 Å². The van der Waals surface area contributed by atoms with Crippen molar-refractivity contribution in [3.8, 4) is 5.75 Å². The zero-order chi connectivity index (χ0) is 25.2. The number of fused-ring (bicyclic) bond motifs is 1. The van der Waals surface area contributed by atoms with Gasteiger partial charge in [0.05, 0.1) is 23.9 Å². The van der Waals surface area contributed by atoms with Gasteiger partial charge in [-0.05, 0) is 41.5 Å². The number of benzene rings is 3. The largest absolute Gasteiger partial charge is 0.497 e. The number of rotatable bonds is 6. The van der Waals surface area contributed by atoms with Crippen LogP contribution in [0.4, 0.5) is 4.39 Å². The van der Waals surface area contributed by atoms with Crippen LogP contribution in [0.1, 0.15) is 33.3 Å². The molecule has 36 heavy (non-hydrogen) atoms. The number of amides is 1. The third-order valence-corrected chi connectivity index (χ3v) is 7.51. The molecule has 4 aromatic rings. The standard InChI is InChI=1S/C27H20ClFN2O4S/c1-34-19-10-7-17(8-11-19)22-14-21(16-5-3-2-4-6-16)30-31(22)24(32)15-35-27(33)26-25(28)20-12-9-18(29)13-23(20)36-26/h2-13,22H,14-15H2,1H3. The van der Waals surface area contributed by atoms with Crippen LogP contribution in [0.2, 0.25) is 5.02 Å². The summed E-state index contributed by atoms with van der Waals surface area (Å²) in [7, 11) is 1.59. The molecule has 0 aliphatic carbocycles. The normalized spacial score (nSPS) is 15.1. The monoisotopic (exact) mass is 522 g/mol. The van der Waals surface area contributed by atoms with Gasteiger partial charge in [-0.2, -0.15) is 5.10 Å². The molecule has 1 aromatic heterocycles. The van der Waals surface area contributed by atoms with Gasteiger partial charge in [-0.25, -0.2) is 14.2 Å². The van der Waals surface area contributed by atoms with E-state index in [1.807, 2.05) is 54.6 Å². The van der Waals surface area contributed by atoms with Gasteiger partial charge in [0.1, 0.15) is 16.4 Å². The molecule has 5 rings (SSSR count). The highest BCUT2D eigenvalue weighted by Crippen LogP contribution is 2.37. The van der Waals surface area contributed by atoms with Crippen molar-refractivity contribution in [1.29, 1.82) is 0 Å². The SMILES string of the molecule is COc1ccc(C2CC(c3ccccc3)=NN2C(=O)COC(=O)c2sc3cc(F)ccc3c2Cl)cc1. The number of methoxy groups -OCH3 is 1. The molecule has 1 aliphatic heterocycles. The van der Waals surface area contributed by atoms with Crippen LogP contribution in [0.25, 0.3) is 10.1 Å². The number of ether oxygens (including phenoxy) is 2. The Labute approximate surface area is 215 Å². The molecule has 0 saturated heterocycles. The third kappa shape index (κ3) is 4.69. The number of esters is 1. The molecule has 1 atom stereocenters. The Bertz CT molecular complexity index is 1470. The van der Waals surface area contributed by atoms with E-state index in [0.717, 1.165) is 28.2 Å². The van der Waals surface area contributed by atoms with E-state index in [2.05, 4.69) is 5.10 Å². The molecule has 0 radical (unpaired) electrons. The van der Waals surface area contributed by atoms with E-state index in [-0.39, 0.29) is 15.9 Å². The van der Waals surface area contributed by atoms with Gasteiger partial charge in [-0.15, -0.1) is 11.3 Å². The zero-order valence-corrected chi connectivity index (χ0v) is 20.7. The molecule has 1 aliphatic rings. The Morgan fingerprint density at radius 2 is 1.86 bits per heavy atom. The molecule has 182 valence electrons. The van der Waals surface area contributed by atoms with E-state index in [9.17, 15) is 14.0 Å². The molecule has 2 heterocycles. The molecule has 3 aromatic carbocycles. The summed E-state index contributed by atoms with van der Waals surface area (Å²) in [5.41, 5.74) is 2.54. The lowest BCUT2D eigenvalue weighted by Gasteiger charge is -2.22. The van der Waals surface area contributed by atoms with Crippen LogP contribution in [0.3, 0.4) is 0 Å². The highest BCUT2D eigenvalue weighted by Gasteiger charge is 2.34. The summed E-state index contributed by atoms with van der Waals surface area (Å²) < 4.78 is 24.6. The molecular weight excluding hydrogens is 503 g/mol. The van der Waals surface area contributed by atoms with Crippen molar-refractivity contribution in [1.82, 2.24) is 5.01 Å². The third-order valence-electron chi connectivity index (χ3n) is 5.88. The van der Waals surface area contributed by atoms with Crippen LogP contribution in [-0.2, 0) is 9.53 Å². The number of hydrogen-bond acceptors (Lipinski definition) is 6. The lowest BCUT2D eigenvalue weighted by molar-refractivity contribution is -0.136. The smallest absolute Gasteiger partial charge is 0.350 e. The van der Waals surface area contributed by atoms with Crippen molar-refractivity contribution in [3.63, 3.8) is 0 Å². The first kappa shape index (κ1) is 24.0. The van der Waals surface area contributed by atoms with E-state index < -0.39 is 24.3 Å². The van der Waals surface area contributed by atoms with Gasteiger partial charge < -0.3 is 9.47 Å². The summed E-state index contributed by atoms with van der Waals surface area (Å²) in [6, 6.07) is 20.7. The van der Waals surface area contributed by atoms with Crippen LogP contribution in [0.5, 0.6) is 5.75 Å². The van der Waals surface area contributed by atoms with Crippen LogP contribution < -0.4 is 4.74 Å². The highest BCUT2D eigenvalue weighted by atomic mass is 35.5. The fourth-order valence-electron chi connectivity index (χ4n) is 4.06. The van der Waals surface area contributed by atoms with E-state index >= 15 is 0 Å². The average molecular weight is 523 g/mol. The predicted octanol–water partition coefficient (Wildman–Crippen LogP) is 6.24. The van der Waals surface area contributed by atoms with E-state index in [4.69, 9.17) is 21.1 Å². The molecule has 0 N–H and O–H groups in total. The summed E-state index contributed by atoms with van der Waals surface area (Å²) in [5, 5.41) is 6.67. The van der Waals surface area contributed by atoms with Gasteiger partial charge in [0.25, 0.3) is 5.91 Å². The van der Waals surface area contributed by atoms with Crippen LogP contribution in [0, 0.1) is 5.82 Å². The average Bonchev–Trinajstić information content (AvgIpc) is 3.49. The number of thiophene rings is 1. The molecule has 0 saturated carbocycles. The summed E-state index contributed by atoms with van der Waals surface area (Å²) in [6.07, 6.45) is 0.504. The number of hydrogen-bond donors (Lipinski definition) is 0. The maximum absolute atomic E-state index is 13.6. The van der Waals surface area contributed by atoms with E-state index in [1.54, 1.807) is 7.11 Å². The lowest BCUT2D eigenvalue weighted by Crippen LogP contribution is -2.31. The van der Waals surface area contributed by atoms with Crippen molar-refractivity contribution in [2.24, 2.45) is 5.10 Å². The van der Waals surface area contributed by atoms with Gasteiger partial charge in [0, 0.05) is 16.5 Å². The van der Waals surface area contributed by atoms with Crippen molar-refractivity contribution < 1.29 is 23.5 Å². The maximum atomic E-state index is 13.6. The number of hydrazone groups is 1. The number of halogens is 2. The van der Waals surface area contributed by atoms with Crippen molar-refractivity contribution in [2.75, 3.05) is 13.7 Å². The first-order valence-electron chi connectivity index (χ1n) is 11.1. The Morgan fingerprint density at radius 1 is 1.11 bits per heavy atom. The molecule has 1 amide bonds. The fourth-order valence-corrected chi connectivity index (χ4v) is 5.49. The number of carbonyl (C=O) groups excluding carboxylic acids is 2. The molecule has 0 fully saturated rings. The predicted molar refractivity (Wildman–Crippen MR) is 137 cm³/mol. The summed E-state index contributed by atoms with van der Waals surface area (Å²) in [4.78, 5) is 26.1. The summed E-state index contributed by atoms with van der Waals surface area (Å²) in [6.45, 7) is -0.518. The first-order valence-corrected chi connectivity index (χ1v) is 12.3. The minimum atomic E-state index is -0.748. The Kier molecular flexibility index (Phi) is 6.71. The van der Waals surface area contributed by atoms with E-state index in [0.29, 0.717) is 22.3 Å². The second-order valence-corrected chi connectivity index (χ2v) is 9.54. The molecule has 9 heteroatoms. The van der Waals surface area contributed by atoms with Crippen LogP contribution in [0.15, 0.2) is 77.9 Å². The zero-order valence-electron chi connectivity index (χ0n) is 19.1. The van der Waals surface area contributed by atoms with E-state index in [1.165, 1.54) is 23.2 Å². The topological polar surface area (TPSA) is 68.2 Å². The molecule has 0 spiro atoms. The van der Waals surface area contributed by atoms with Crippen LogP contribution in [-0.4, -0.2) is 36.3 Å². The second-order valence-electron chi connectivity index (χ2n) is 8.11. The Balaban J connectivity index is 1.36. The minimum absolute atomic E-state index is 0.117. The van der Waals surface area contributed by atoms with Gasteiger partial charge in [-0.1, -0.05) is 54.1 Å². The highest BCUT2D eigenvalue weighted by molar-refractivity contribution is 7.21. The molecule has 0 bridgehead atoms. The van der Waals surface area contributed by atoms with Crippen molar-refractivity contribution >= 4 is 50.6 Å². The minimum Gasteiger partial charge on any atom is -0.497 e. The lowest BCUT2D eigenvalue weighted by atomic mass is 9.98. The van der Waals surface area contributed by atoms with Gasteiger partial charge in [0.2, 0.25) is 0 Å². The maximum Gasteiger partial charge on any atom is 0.350 e. The molecule has 1 unspecified atom stereocenters. The van der Waals surface area contributed by atoms with Crippen molar-refractivity contribution in [2.45, 2.75) is 12.5 Å². The second kappa shape index (κ2) is 10.1. The number of carbonyl (C=O) groups is 2. The Morgan fingerprint density at radius 3 is 2.58 bits per heavy atom. The Hall–Kier alpha value is -3.75. The first-order chi connectivity index (χ1) is 17.4. The van der Waals surface area contributed by atoms with Crippen molar-refractivity contribution in [3.05, 3.63) is 99.6 Å². The van der Waals surface area contributed by atoms with Gasteiger partial charge >= 0.3 is 5.97 Å². The van der Waals surface area contributed by atoms with Crippen LogP contribution >= 0.6 is 22.9 Å². The fraction of sp³-hybridized carbons (Fsp3) is 0.148. The summed E-state index contributed by atoms with van der Waals surface area (Å²) >= 11 is 7.34. The summed E-state index contributed by atoms with van der Waals surface area (Å²) in [5.74, 6) is -0.949. The van der Waals surface area contributed by atoms with Gasteiger partial charge in [0.15, 0.2) is 6.61 Å². The molecule has 6 nitrogen and oxygen atoms in total. The molecular formula is C27H20ClFN2O4S.